The van der Waals surface area contributed by atoms with Gasteiger partial charge in [0.2, 0.25) is 0 Å². The molecule has 1 fully saturated rings. The molecule has 1 aromatic carbocycles. The van der Waals surface area contributed by atoms with Crippen molar-refractivity contribution in [3.8, 4) is 0 Å². The zero-order chi connectivity index (χ0) is 13.3. The van der Waals surface area contributed by atoms with Crippen molar-refractivity contribution in [1.82, 2.24) is 5.06 Å². The lowest BCUT2D eigenvalue weighted by Crippen LogP contribution is -2.30. The molecule has 1 saturated heterocycles. The Kier molecular flexibility index (Phi) is 5.20. The van der Waals surface area contributed by atoms with Gasteiger partial charge in [0.05, 0.1) is 18.6 Å². The molecule has 0 bridgehead atoms. The molecule has 1 aliphatic rings. The molecule has 0 unspecified atom stereocenters. The highest BCUT2D eigenvalue weighted by Gasteiger charge is 2.40. The maximum absolute atomic E-state index is 12.0. The molecule has 0 aliphatic carbocycles. The van der Waals surface area contributed by atoms with Crippen LogP contribution in [-0.2, 0) is 16.2 Å². The van der Waals surface area contributed by atoms with Crippen molar-refractivity contribution in [3.05, 3.63) is 28.2 Å². The summed E-state index contributed by atoms with van der Waals surface area (Å²) in [5.41, 5.74) is 3.91. The van der Waals surface area contributed by atoms with Gasteiger partial charge in [-0.15, -0.1) is 12.4 Å². The number of hydrogen-bond donors (Lipinski definition) is 2. The number of anilines is 1. The minimum atomic E-state index is -0.439. The average Bonchev–Trinajstić information content (AvgIpc) is 2.58. The lowest BCUT2D eigenvalue weighted by Gasteiger charge is -2.17. The zero-order valence-corrected chi connectivity index (χ0v) is 13.2. The largest absolute Gasteiger partial charge is 0.324 e. The molecule has 0 aromatic heterocycles. The van der Waals surface area contributed by atoms with Crippen molar-refractivity contribution in [1.29, 1.82) is 0 Å². The number of rotatable bonds is 3. The lowest BCUT2D eigenvalue weighted by atomic mass is 9.95. The van der Waals surface area contributed by atoms with Gasteiger partial charge in [-0.1, -0.05) is 22.0 Å². The van der Waals surface area contributed by atoms with E-state index in [4.69, 9.17) is 10.7 Å². The minimum Gasteiger partial charge on any atom is -0.324 e. The van der Waals surface area contributed by atoms with Gasteiger partial charge in [0, 0.05) is 10.2 Å². The van der Waals surface area contributed by atoms with Crippen LogP contribution in [0, 0.1) is 5.41 Å². The van der Waals surface area contributed by atoms with E-state index in [1.807, 2.05) is 32.0 Å². The Morgan fingerprint density at radius 2 is 2.21 bits per heavy atom. The molecular weight excluding hydrogens is 334 g/mol. The maximum Gasteiger partial charge on any atom is 0.254 e. The molecule has 0 radical (unpaired) electrons. The Balaban J connectivity index is 0.00000180. The second-order valence-electron chi connectivity index (χ2n) is 4.95. The molecule has 0 atom stereocenters. The van der Waals surface area contributed by atoms with Crippen LogP contribution in [0.2, 0.25) is 0 Å². The topological polar surface area (TPSA) is 67.6 Å². The fourth-order valence-corrected chi connectivity index (χ4v) is 2.24. The summed E-state index contributed by atoms with van der Waals surface area (Å²) in [6.07, 6.45) is 0. The number of nitrogen functional groups attached to an aromatic ring is 1. The van der Waals surface area contributed by atoms with Crippen LogP contribution in [0.5, 0.6) is 0 Å². The van der Waals surface area contributed by atoms with Crippen LogP contribution >= 0.6 is 28.3 Å². The molecule has 2 rings (SSSR count). The van der Waals surface area contributed by atoms with Gasteiger partial charge in [-0.05, 0) is 31.5 Å². The standard InChI is InChI=1S/C12H16BrN3O2.ClH/c1-12(2)7-18-16(11(12)17)6-8-3-4-9(15-14)5-10(8)13;/h3-5,15H,6-7,14H2,1-2H3;1H. The number of nitrogens with two attached hydrogens (primary N) is 1. The average molecular weight is 351 g/mol. The highest BCUT2D eigenvalue weighted by Crippen LogP contribution is 2.30. The summed E-state index contributed by atoms with van der Waals surface area (Å²) in [6.45, 7) is 4.61. The normalized spacial score (nSPS) is 17.3. The van der Waals surface area contributed by atoms with E-state index in [-0.39, 0.29) is 18.3 Å². The first kappa shape index (κ1) is 16.2. The first-order chi connectivity index (χ1) is 8.44. The van der Waals surface area contributed by atoms with Crippen molar-refractivity contribution in [2.75, 3.05) is 12.0 Å². The number of amides is 1. The number of hydroxylamine groups is 2. The molecule has 1 aromatic rings. The minimum absolute atomic E-state index is 0. The molecule has 1 aliphatic heterocycles. The number of carbonyl (C=O) groups is 1. The van der Waals surface area contributed by atoms with Gasteiger partial charge in [-0.3, -0.25) is 15.5 Å². The maximum atomic E-state index is 12.0. The number of nitrogens with zero attached hydrogens (tertiary/aromatic N) is 1. The van der Waals surface area contributed by atoms with E-state index in [0.29, 0.717) is 13.2 Å². The Morgan fingerprint density at radius 1 is 1.53 bits per heavy atom. The first-order valence-corrected chi connectivity index (χ1v) is 6.43. The SMILES string of the molecule is CC1(C)CON(Cc2ccc(NN)cc2Br)C1=O.Cl. The van der Waals surface area contributed by atoms with Crippen molar-refractivity contribution in [3.63, 3.8) is 0 Å². The van der Waals surface area contributed by atoms with Gasteiger partial charge < -0.3 is 5.43 Å². The van der Waals surface area contributed by atoms with E-state index in [1.54, 1.807) is 0 Å². The Labute approximate surface area is 126 Å². The van der Waals surface area contributed by atoms with Crippen LogP contribution in [0.4, 0.5) is 5.69 Å². The van der Waals surface area contributed by atoms with Crippen LogP contribution in [0.15, 0.2) is 22.7 Å². The summed E-state index contributed by atoms with van der Waals surface area (Å²) in [7, 11) is 0. The summed E-state index contributed by atoms with van der Waals surface area (Å²) in [5, 5.41) is 1.41. The predicted molar refractivity (Wildman–Crippen MR) is 79.5 cm³/mol. The third-order valence-electron chi connectivity index (χ3n) is 2.92. The third kappa shape index (κ3) is 3.39. The Bertz CT molecular complexity index is 482. The van der Waals surface area contributed by atoms with Gasteiger partial charge in [-0.25, -0.2) is 5.06 Å². The van der Waals surface area contributed by atoms with Crippen molar-refractivity contribution < 1.29 is 9.63 Å². The molecule has 0 spiro atoms. The Morgan fingerprint density at radius 3 is 2.68 bits per heavy atom. The van der Waals surface area contributed by atoms with Gasteiger partial charge in [0.25, 0.3) is 5.91 Å². The number of halogens is 2. The van der Waals surface area contributed by atoms with E-state index in [0.717, 1.165) is 15.7 Å². The smallest absolute Gasteiger partial charge is 0.254 e. The molecule has 106 valence electrons. The second-order valence-corrected chi connectivity index (χ2v) is 5.80. The molecule has 3 N–H and O–H groups in total. The van der Waals surface area contributed by atoms with E-state index in [1.165, 1.54) is 5.06 Å². The van der Waals surface area contributed by atoms with Crippen molar-refractivity contribution in [2.45, 2.75) is 20.4 Å². The molecule has 1 amide bonds. The van der Waals surface area contributed by atoms with E-state index in [9.17, 15) is 4.79 Å². The van der Waals surface area contributed by atoms with E-state index >= 15 is 0 Å². The number of hydrazine groups is 1. The highest BCUT2D eigenvalue weighted by atomic mass is 79.9. The highest BCUT2D eigenvalue weighted by molar-refractivity contribution is 9.10. The van der Waals surface area contributed by atoms with Crippen LogP contribution in [0.1, 0.15) is 19.4 Å². The fourth-order valence-electron chi connectivity index (χ4n) is 1.73. The molecule has 7 heteroatoms. The molecule has 0 saturated carbocycles. The summed E-state index contributed by atoms with van der Waals surface area (Å²) in [6, 6.07) is 5.62. The van der Waals surface area contributed by atoms with Crippen molar-refractivity contribution in [2.24, 2.45) is 11.3 Å². The van der Waals surface area contributed by atoms with E-state index in [2.05, 4.69) is 21.4 Å². The van der Waals surface area contributed by atoms with Crippen molar-refractivity contribution >= 4 is 39.9 Å². The Hall–Kier alpha value is -0.820. The number of hydrogen-bond acceptors (Lipinski definition) is 4. The summed E-state index contributed by atoms with van der Waals surface area (Å²) in [5.74, 6) is 5.34. The molecular formula is C12H17BrClN3O2. The molecule has 5 nitrogen and oxygen atoms in total. The van der Waals surface area contributed by atoms with Crippen LogP contribution in [0.25, 0.3) is 0 Å². The monoisotopic (exact) mass is 349 g/mol. The van der Waals surface area contributed by atoms with Gasteiger partial charge in [-0.2, -0.15) is 0 Å². The molecule has 19 heavy (non-hydrogen) atoms. The number of benzene rings is 1. The quantitative estimate of drug-likeness (QED) is 0.649. The second kappa shape index (κ2) is 6.09. The zero-order valence-electron chi connectivity index (χ0n) is 10.8. The fraction of sp³-hybridized carbons (Fsp3) is 0.417. The first-order valence-electron chi connectivity index (χ1n) is 5.64. The number of nitrogens with one attached hydrogen (secondary N) is 1. The predicted octanol–water partition coefficient (Wildman–Crippen LogP) is 2.46. The van der Waals surface area contributed by atoms with Gasteiger partial charge >= 0.3 is 0 Å². The van der Waals surface area contributed by atoms with E-state index < -0.39 is 5.41 Å². The third-order valence-corrected chi connectivity index (χ3v) is 3.66. The summed E-state index contributed by atoms with van der Waals surface area (Å²) < 4.78 is 0.888. The van der Waals surface area contributed by atoms with Gasteiger partial charge in [0.15, 0.2) is 0 Å². The van der Waals surface area contributed by atoms with Crippen LogP contribution < -0.4 is 11.3 Å². The lowest BCUT2D eigenvalue weighted by molar-refractivity contribution is -0.165. The molecule has 1 heterocycles. The number of carbonyl (C=O) groups excluding carboxylic acids is 1. The van der Waals surface area contributed by atoms with Gasteiger partial charge in [0.1, 0.15) is 0 Å². The van der Waals surface area contributed by atoms with Crippen LogP contribution in [0.3, 0.4) is 0 Å². The summed E-state index contributed by atoms with van der Waals surface area (Å²) in [4.78, 5) is 17.4. The van der Waals surface area contributed by atoms with Crippen LogP contribution in [-0.4, -0.2) is 17.6 Å². The summed E-state index contributed by atoms with van der Waals surface area (Å²) >= 11 is 3.45.